The number of morpholine rings is 1. The fourth-order valence-electron chi connectivity index (χ4n) is 1.75. The lowest BCUT2D eigenvalue weighted by Gasteiger charge is -2.26. The van der Waals surface area contributed by atoms with Crippen LogP contribution in [0, 0.1) is 0 Å². The van der Waals surface area contributed by atoms with Crippen LogP contribution >= 0.6 is 0 Å². The summed E-state index contributed by atoms with van der Waals surface area (Å²) < 4.78 is 30.6. The molecule has 1 heterocycles. The molecule has 0 amide bonds. The first kappa shape index (κ1) is 14.9. The highest BCUT2D eigenvalue weighted by molar-refractivity contribution is 7.89. The third-order valence-electron chi connectivity index (χ3n) is 2.75. The first-order chi connectivity index (χ1) is 8.02. The summed E-state index contributed by atoms with van der Waals surface area (Å²) in [5, 5.41) is 3.28. The van der Waals surface area contributed by atoms with Gasteiger partial charge in [0.25, 0.3) is 0 Å². The van der Waals surface area contributed by atoms with E-state index < -0.39 is 10.0 Å². The van der Waals surface area contributed by atoms with Crippen LogP contribution < -0.4 is 5.32 Å². The Labute approximate surface area is 105 Å². The van der Waals surface area contributed by atoms with Gasteiger partial charge in [-0.1, -0.05) is 13.8 Å². The zero-order valence-corrected chi connectivity index (χ0v) is 11.6. The van der Waals surface area contributed by atoms with Gasteiger partial charge in [-0.15, -0.1) is 0 Å². The summed E-state index contributed by atoms with van der Waals surface area (Å²) in [5.74, 6) is 0.257. The summed E-state index contributed by atoms with van der Waals surface area (Å²) in [6.45, 7) is 7.12. The van der Waals surface area contributed by atoms with Crippen molar-refractivity contribution in [1.29, 1.82) is 0 Å². The molecule has 0 aromatic carbocycles. The van der Waals surface area contributed by atoms with E-state index >= 15 is 0 Å². The van der Waals surface area contributed by atoms with Gasteiger partial charge in [-0.25, -0.2) is 8.42 Å². The fourth-order valence-corrected chi connectivity index (χ4v) is 3.29. The molecule has 1 saturated heterocycles. The Balaban J connectivity index is 2.20. The Morgan fingerprint density at radius 1 is 1.24 bits per heavy atom. The van der Waals surface area contributed by atoms with Crippen LogP contribution in [-0.4, -0.2) is 57.4 Å². The average Bonchev–Trinajstić information content (AvgIpc) is 2.29. The van der Waals surface area contributed by atoms with Crippen molar-refractivity contribution in [3.8, 4) is 0 Å². The Morgan fingerprint density at radius 2 is 1.88 bits per heavy atom. The molecule has 0 atom stereocenters. The second-order valence-corrected chi connectivity index (χ2v) is 6.73. The van der Waals surface area contributed by atoms with E-state index in [1.54, 1.807) is 4.31 Å². The van der Waals surface area contributed by atoms with Gasteiger partial charge >= 0.3 is 0 Å². The van der Waals surface area contributed by atoms with Crippen molar-refractivity contribution >= 4 is 10.0 Å². The molecular weight excluding hydrogens is 240 g/mol. The topological polar surface area (TPSA) is 58.6 Å². The van der Waals surface area contributed by atoms with E-state index in [0.29, 0.717) is 32.3 Å². The van der Waals surface area contributed by atoms with Gasteiger partial charge in [0, 0.05) is 19.1 Å². The predicted molar refractivity (Wildman–Crippen MR) is 68.6 cm³/mol. The molecule has 1 aliphatic heterocycles. The van der Waals surface area contributed by atoms with Gasteiger partial charge in [-0.2, -0.15) is 4.31 Å². The van der Waals surface area contributed by atoms with Crippen LogP contribution in [0.5, 0.6) is 0 Å². The van der Waals surface area contributed by atoms with Gasteiger partial charge < -0.3 is 10.1 Å². The standard InChI is InChI=1S/C11H24N2O3S/c1-11(2)12-5-3-4-10-17(14,15)13-6-8-16-9-7-13/h11-12H,3-10H2,1-2H3. The summed E-state index contributed by atoms with van der Waals surface area (Å²) in [6, 6.07) is 0.464. The van der Waals surface area contributed by atoms with Gasteiger partial charge in [0.2, 0.25) is 10.0 Å². The van der Waals surface area contributed by atoms with E-state index in [0.717, 1.165) is 19.4 Å². The summed E-state index contributed by atoms with van der Waals surface area (Å²) in [4.78, 5) is 0. The Kier molecular flexibility index (Phi) is 6.40. The third kappa shape index (κ3) is 5.81. The van der Waals surface area contributed by atoms with Crippen LogP contribution in [0.15, 0.2) is 0 Å². The molecule has 5 nitrogen and oxygen atoms in total. The lowest BCUT2D eigenvalue weighted by Crippen LogP contribution is -2.41. The van der Waals surface area contributed by atoms with Gasteiger partial charge in [0.1, 0.15) is 0 Å². The molecule has 1 N–H and O–H groups in total. The SMILES string of the molecule is CC(C)NCCCCS(=O)(=O)N1CCOCC1. The van der Waals surface area contributed by atoms with Crippen LogP contribution in [0.1, 0.15) is 26.7 Å². The van der Waals surface area contributed by atoms with Crippen LogP contribution in [0.3, 0.4) is 0 Å². The van der Waals surface area contributed by atoms with Crippen molar-refractivity contribution in [3.05, 3.63) is 0 Å². The molecule has 1 fully saturated rings. The van der Waals surface area contributed by atoms with Crippen LogP contribution in [0.4, 0.5) is 0 Å². The quantitative estimate of drug-likeness (QED) is 0.677. The molecule has 0 saturated carbocycles. The second-order valence-electron chi connectivity index (χ2n) is 4.64. The highest BCUT2D eigenvalue weighted by Gasteiger charge is 2.23. The van der Waals surface area contributed by atoms with E-state index in [-0.39, 0.29) is 5.75 Å². The zero-order valence-electron chi connectivity index (χ0n) is 10.8. The molecule has 1 aliphatic rings. The Morgan fingerprint density at radius 3 is 2.47 bits per heavy atom. The molecule has 0 aliphatic carbocycles. The average molecular weight is 264 g/mol. The first-order valence-corrected chi connectivity index (χ1v) is 7.92. The predicted octanol–water partition coefficient (Wildman–Crippen LogP) is 0.427. The number of ether oxygens (including phenoxy) is 1. The van der Waals surface area contributed by atoms with Gasteiger partial charge in [0.05, 0.1) is 19.0 Å². The zero-order chi connectivity index (χ0) is 12.7. The maximum Gasteiger partial charge on any atom is 0.214 e. The summed E-state index contributed by atoms with van der Waals surface area (Å²) >= 11 is 0. The van der Waals surface area contributed by atoms with E-state index in [1.807, 2.05) is 0 Å². The summed E-state index contributed by atoms with van der Waals surface area (Å²) in [7, 11) is -3.06. The van der Waals surface area contributed by atoms with E-state index in [4.69, 9.17) is 4.74 Å². The number of nitrogens with one attached hydrogen (secondary N) is 1. The molecule has 1 rings (SSSR count). The fraction of sp³-hybridized carbons (Fsp3) is 1.00. The van der Waals surface area contributed by atoms with E-state index in [9.17, 15) is 8.42 Å². The molecule has 0 radical (unpaired) electrons. The van der Waals surface area contributed by atoms with Crippen LogP contribution in [-0.2, 0) is 14.8 Å². The van der Waals surface area contributed by atoms with Crippen molar-refractivity contribution in [2.75, 3.05) is 38.6 Å². The van der Waals surface area contributed by atoms with Crippen molar-refractivity contribution in [1.82, 2.24) is 9.62 Å². The lowest BCUT2D eigenvalue weighted by atomic mass is 10.3. The maximum atomic E-state index is 11.9. The minimum atomic E-state index is -3.06. The number of nitrogens with zero attached hydrogens (tertiary/aromatic N) is 1. The molecule has 0 aromatic heterocycles. The van der Waals surface area contributed by atoms with Crippen LogP contribution in [0.25, 0.3) is 0 Å². The largest absolute Gasteiger partial charge is 0.379 e. The molecule has 0 spiro atoms. The summed E-state index contributed by atoms with van der Waals surface area (Å²) in [6.07, 6.45) is 1.63. The summed E-state index contributed by atoms with van der Waals surface area (Å²) in [5.41, 5.74) is 0. The minimum absolute atomic E-state index is 0.257. The molecule has 0 unspecified atom stereocenters. The number of hydrogen-bond donors (Lipinski definition) is 1. The smallest absolute Gasteiger partial charge is 0.214 e. The van der Waals surface area contributed by atoms with Crippen molar-refractivity contribution < 1.29 is 13.2 Å². The lowest BCUT2D eigenvalue weighted by molar-refractivity contribution is 0.0730. The van der Waals surface area contributed by atoms with E-state index in [2.05, 4.69) is 19.2 Å². The van der Waals surface area contributed by atoms with Crippen molar-refractivity contribution in [2.24, 2.45) is 0 Å². The first-order valence-electron chi connectivity index (χ1n) is 6.31. The molecule has 0 bridgehead atoms. The molecule has 17 heavy (non-hydrogen) atoms. The Hall–Kier alpha value is -0.170. The van der Waals surface area contributed by atoms with Crippen LogP contribution in [0.2, 0.25) is 0 Å². The third-order valence-corrected chi connectivity index (χ3v) is 4.70. The Bertz CT molecular complexity index is 298. The maximum absolute atomic E-state index is 11.9. The monoisotopic (exact) mass is 264 g/mol. The van der Waals surface area contributed by atoms with Crippen molar-refractivity contribution in [2.45, 2.75) is 32.7 Å². The minimum Gasteiger partial charge on any atom is -0.379 e. The van der Waals surface area contributed by atoms with Gasteiger partial charge in [-0.3, -0.25) is 0 Å². The highest BCUT2D eigenvalue weighted by atomic mass is 32.2. The normalized spacial score (nSPS) is 18.8. The molecule has 102 valence electrons. The molecule has 0 aromatic rings. The second kappa shape index (κ2) is 7.31. The van der Waals surface area contributed by atoms with E-state index in [1.165, 1.54) is 0 Å². The van der Waals surface area contributed by atoms with Gasteiger partial charge in [0.15, 0.2) is 0 Å². The molecular formula is C11H24N2O3S. The molecule has 6 heteroatoms. The number of unbranched alkanes of at least 4 members (excludes halogenated alkanes) is 1. The van der Waals surface area contributed by atoms with Gasteiger partial charge in [-0.05, 0) is 19.4 Å². The number of rotatable bonds is 7. The van der Waals surface area contributed by atoms with Crippen molar-refractivity contribution in [3.63, 3.8) is 0 Å². The number of hydrogen-bond acceptors (Lipinski definition) is 4. The highest BCUT2D eigenvalue weighted by Crippen LogP contribution is 2.07. The number of sulfonamides is 1.